The average Bonchev–Trinajstić information content (AvgIpc) is 2.60. The second kappa shape index (κ2) is 4.29. The molecule has 0 bridgehead atoms. The molecular weight excluding hydrogens is 222 g/mol. The fraction of sp³-hybridized carbons (Fsp3) is 0.167. The molecule has 0 atom stereocenters. The number of esters is 1. The first-order valence-corrected chi connectivity index (χ1v) is 4.96. The monoisotopic (exact) mass is 233 g/mol. The number of methoxy groups -OCH3 is 1. The summed E-state index contributed by atoms with van der Waals surface area (Å²) in [5.41, 5.74) is 0.931. The zero-order valence-electron chi connectivity index (χ0n) is 9.43. The van der Waals surface area contributed by atoms with Crippen LogP contribution in [-0.4, -0.2) is 24.1 Å². The summed E-state index contributed by atoms with van der Waals surface area (Å²) in [6.07, 6.45) is 1.57. The summed E-state index contributed by atoms with van der Waals surface area (Å²) in [5.74, 6) is 0.233. The van der Waals surface area contributed by atoms with Crippen molar-refractivity contribution in [2.24, 2.45) is 4.99 Å². The van der Waals surface area contributed by atoms with Crippen molar-refractivity contribution >= 4 is 17.9 Å². The number of aliphatic imine (C=N–C) groups is 1. The van der Waals surface area contributed by atoms with Crippen LogP contribution in [0.5, 0.6) is 11.5 Å². The van der Waals surface area contributed by atoms with Crippen LogP contribution in [-0.2, 0) is 9.53 Å². The standard InChI is InChI=1S/C12H11NO4/c1-7-13-9(12(15)17-7)5-8-3-4-10(14)11(6-8)16-2/h3-6,14H,1-2H3/b9-5+. The highest BCUT2D eigenvalue weighted by Gasteiger charge is 2.19. The third-order valence-electron chi connectivity index (χ3n) is 2.23. The van der Waals surface area contributed by atoms with Gasteiger partial charge in [-0.1, -0.05) is 6.07 Å². The lowest BCUT2D eigenvalue weighted by atomic mass is 10.1. The molecule has 1 aliphatic rings. The van der Waals surface area contributed by atoms with Crippen molar-refractivity contribution in [3.8, 4) is 11.5 Å². The molecule has 1 N–H and O–H groups in total. The fourth-order valence-electron chi connectivity index (χ4n) is 1.46. The minimum Gasteiger partial charge on any atom is -0.504 e. The zero-order valence-corrected chi connectivity index (χ0v) is 9.43. The predicted octanol–water partition coefficient (Wildman–Crippen LogP) is 1.72. The van der Waals surface area contributed by atoms with Crippen LogP contribution >= 0.6 is 0 Å². The molecule has 1 heterocycles. The molecule has 0 fully saturated rings. The Morgan fingerprint density at radius 2 is 2.24 bits per heavy atom. The summed E-state index contributed by atoms with van der Waals surface area (Å²) in [5, 5.41) is 9.42. The summed E-state index contributed by atoms with van der Waals surface area (Å²) < 4.78 is 9.76. The van der Waals surface area contributed by atoms with Crippen LogP contribution in [0, 0.1) is 0 Å². The molecule has 1 aliphatic heterocycles. The number of rotatable bonds is 2. The van der Waals surface area contributed by atoms with Gasteiger partial charge in [0, 0.05) is 6.92 Å². The Bertz CT molecular complexity index is 531. The Labute approximate surface area is 98.0 Å². The third-order valence-corrected chi connectivity index (χ3v) is 2.23. The predicted molar refractivity (Wildman–Crippen MR) is 61.8 cm³/mol. The zero-order chi connectivity index (χ0) is 12.4. The lowest BCUT2D eigenvalue weighted by molar-refractivity contribution is -0.130. The fourth-order valence-corrected chi connectivity index (χ4v) is 1.46. The molecule has 0 radical (unpaired) electrons. The molecule has 0 aromatic heterocycles. The molecule has 5 heteroatoms. The van der Waals surface area contributed by atoms with Crippen LogP contribution < -0.4 is 4.74 Å². The maximum atomic E-state index is 11.3. The second-order valence-electron chi connectivity index (χ2n) is 3.48. The lowest BCUT2D eigenvalue weighted by Gasteiger charge is -2.03. The van der Waals surface area contributed by atoms with Gasteiger partial charge in [0.2, 0.25) is 0 Å². The number of phenols is 1. The number of ether oxygens (including phenoxy) is 2. The number of hydrogen-bond acceptors (Lipinski definition) is 5. The molecule has 5 nitrogen and oxygen atoms in total. The van der Waals surface area contributed by atoms with E-state index < -0.39 is 5.97 Å². The Morgan fingerprint density at radius 3 is 2.82 bits per heavy atom. The lowest BCUT2D eigenvalue weighted by Crippen LogP contribution is -1.99. The van der Waals surface area contributed by atoms with Gasteiger partial charge in [0.15, 0.2) is 23.1 Å². The van der Waals surface area contributed by atoms with Gasteiger partial charge in [-0.25, -0.2) is 9.79 Å². The highest BCUT2D eigenvalue weighted by atomic mass is 16.6. The number of hydrogen-bond donors (Lipinski definition) is 1. The van der Waals surface area contributed by atoms with Crippen molar-refractivity contribution in [3.05, 3.63) is 29.5 Å². The molecule has 1 aromatic carbocycles. The van der Waals surface area contributed by atoms with Crippen molar-refractivity contribution < 1.29 is 19.4 Å². The van der Waals surface area contributed by atoms with Crippen molar-refractivity contribution in [1.82, 2.24) is 0 Å². The smallest absolute Gasteiger partial charge is 0.363 e. The second-order valence-corrected chi connectivity index (χ2v) is 3.48. The highest BCUT2D eigenvalue weighted by molar-refractivity contribution is 6.06. The van der Waals surface area contributed by atoms with Crippen LogP contribution in [0.2, 0.25) is 0 Å². The van der Waals surface area contributed by atoms with E-state index >= 15 is 0 Å². The third kappa shape index (κ3) is 2.28. The van der Waals surface area contributed by atoms with Crippen LogP contribution in [0.1, 0.15) is 12.5 Å². The molecule has 0 spiro atoms. The number of carbonyl (C=O) groups is 1. The summed E-state index contributed by atoms with van der Waals surface area (Å²) >= 11 is 0. The molecular formula is C12H11NO4. The van der Waals surface area contributed by atoms with Crippen LogP contribution in [0.25, 0.3) is 6.08 Å². The number of nitrogens with zero attached hydrogens (tertiary/aromatic N) is 1. The molecule has 0 amide bonds. The van der Waals surface area contributed by atoms with Gasteiger partial charge < -0.3 is 14.6 Å². The van der Waals surface area contributed by atoms with Crippen LogP contribution in [0.3, 0.4) is 0 Å². The molecule has 0 saturated heterocycles. The Morgan fingerprint density at radius 1 is 1.47 bits per heavy atom. The van der Waals surface area contributed by atoms with E-state index in [2.05, 4.69) is 4.99 Å². The average molecular weight is 233 g/mol. The van der Waals surface area contributed by atoms with Gasteiger partial charge in [-0.2, -0.15) is 0 Å². The number of phenolic OH excluding ortho intramolecular Hbond substituents is 1. The van der Waals surface area contributed by atoms with Crippen LogP contribution in [0.4, 0.5) is 0 Å². The maximum absolute atomic E-state index is 11.3. The van der Waals surface area contributed by atoms with E-state index in [0.717, 1.165) is 0 Å². The number of carbonyl (C=O) groups excluding carboxylic acids is 1. The van der Waals surface area contributed by atoms with E-state index in [-0.39, 0.29) is 11.4 Å². The first kappa shape index (κ1) is 11.2. The van der Waals surface area contributed by atoms with Crippen molar-refractivity contribution in [3.63, 3.8) is 0 Å². The van der Waals surface area contributed by atoms with E-state index in [1.54, 1.807) is 25.1 Å². The molecule has 0 aliphatic carbocycles. The van der Waals surface area contributed by atoms with E-state index in [9.17, 15) is 9.90 Å². The van der Waals surface area contributed by atoms with E-state index in [4.69, 9.17) is 9.47 Å². The first-order chi connectivity index (χ1) is 8.10. The Balaban J connectivity index is 2.36. The largest absolute Gasteiger partial charge is 0.504 e. The quantitative estimate of drug-likeness (QED) is 0.623. The van der Waals surface area contributed by atoms with Gasteiger partial charge in [0.1, 0.15) is 0 Å². The van der Waals surface area contributed by atoms with Crippen LogP contribution in [0.15, 0.2) is 28.9 Å². The van der Waals surface area contributed by atoms with E-state index in [0.29, 0.717) is 17.2 Å². The molecule has 2 rings (SSSR count). The topological polar surface area (TPSA) is 68.1 Å². The maximum Gasteiger partial charge on any atom is 0.363 e. The molecule has 88 valence electrons. The first-order valence-electron chi connectivity index (χ1n) is 4.96. The SMILES string of the molecule is COc1cc(/C=C2/N=C(C)OC2=O)ccc1O. The summed E-state index contributed by atoms with van der Waals surface area (Å²) in [6.45, 7) is 1.61. The minimum atomic E-state index is -0.477. The summed E-state index contributed by atoms with van der Waals surface area (Å²) in [7, 11) is 1.46. The molecule has 17 heavy (non-hydrogen) atoms. The van der Waals surface area contributed by atoms with Crippen molar-refractivity contribution in [2.45, 2.75) is 6.92 Å². The van der Waals surface area contributed by atoms with Crippen molar-refractivity contribution in [1.29, 1.82) is 0 Å². The van der Waals surface area contributed by atoms with Crippen molar-refractivity contribution in [2.75, 3.05) is 7.11 Å². The highest BCUT2D eigenvalue weighted by Crippen LogP contribution is 2.27. The normalized spacial score (nSPS) is 16.9. The van der Waals surface area contributed by atoms with Gasteiger partial charge in [-0.15, -0.1) is 0 Å². The van der Waals surface area contributed by atoms with E-state index in [1.165, 1.54) is 13.2 Å². The van der Waals surface area contributed by atoms with Gasteiger partial charge in [-0.05, 0) is 23.8 Å². The summed E-state index contributed by atoms with van der Waals surface area (Å²) in [6, 6.07) is 4.75. The molecule has 1 aromatic rings. The minimum absolute atomic E-state index is 0.0448. The van der Waals surface area contributed by atoms with Gasteiger partial charge in [-0.3, -0.25) is 0 Å². The van der Waals surface area contributed by atoms with Gasteiger partial charge in [0.05, 0.1) is 7.11 Å². The van der Waals surface area contributed by atoms with Gasteiger partial charge >= 0.3 is 5.97 Å². The molecule has 0 unspecified atom stereocenters. The van der Waals surface area contributed by atoms with Gasteiger partial charge in [0.25, 0.3) is 0 Å². The molecule has 0 saturated carbocycles. The number of cyclic esters (lactones) is 1. The number of aromatic hydroxyl groups is 1. The van der Waals surface area contributed by atoms with E-state index in [1.807, 2.05) is 0 Å². The Hall–Kier alpha value is -2.30. The Kier molecular flexibility index (Phi) is 2.82. The number of benzene rings is 1. The summed E-state index contributed by atoms with van der Waals surface area (Å²) in [4.78, 5) is 15.3.